The molecule has 3 atom stereocenters. The highest BCUT2D eigenvalue weighted by Crippen LogP contribution is 2.45. The first-order chi connectivity index (χ1) is 14.1. The molecule has 6 nitrogen and oxygen atoms in total. The highest BCUT2D eigenvalue weighted by molar-refractivity contribution is 7.52. The van der Waals surface area contributed by atoms with E-state index in [-0.39, 0.29) is 18.5 Å². The van der Waals surface area contributed by atoms with Gasteiger partial charge in [-0.05, 0) is 37.0 Å². The number of para-hydroxylation sites is 1. The molecule has 0 radical (unpaired) electrons. The molecule has 1 aliphatic rings. The minimum Gasteiger partial charge on any atom is -0.413 e. The molecular weight excluding hydrogens is 389 g/mol. The quantitative estimate of drug-likeness (QED) is 0.541. The Morgan fingerprint density at radius 3 is 2.48 bits per heavy atom. The molecule has 0 amide bonds. The fraction of sp³-hybridized carbons (Fsp3) is 0.409. The third-order valence-corrected chi connectivity index (χ3v) is 6.32. The second-order valence-corrected chi connectivity index (χ2v) is 8.72. The van der Waals surface area contributed by atoms with Gasteiger partial charge in [0.25, 0.3) is 0 Å². The summed E-state index contributed by atoms with van der Waals surface area (Å²) < 4.78 is 30.6. The van der Waals surface area contributed by atoms with Crippen LogP contribution >= 0.6 is 7.75 Å². The highest BCUT2D eigenvalue weighted by atomic mass is 31.2. The van der Waals surface area contributed by atoms with Crippen molar-refractivity contribution in [3.05, 3.63) is 66.2 Å². The van der Waals surface area contributed by atoms with E-state index in [9.17, 15) is 9.36 Å². The van der Waals surface area contributed by atoms with Gasteiger partial charge in [-0.2, -0.15) is 0 Å². The monoisotopic (exact) mass is 417 g/mol. The summed E-state index contributed by atoms with van der Waals surface area (Å²) >= 11 is 0. The number of carbonyl (C=O) groups excluding carboxylic acids is 1. The van der Waals surface area contributed by atoms with Crippen LogP contribution in [0.3, 0.4) is 0 Å². The molecule has 2 aromatic carbocycles. The van der Waals surface area contributed by atoms with Crippen LogP contribution in [0.5, 0.6) is 5.75 Å². The van der Waals surface area contributed by atoms with Crippen molar-refractivity contribution in [2.75, 3.05) is 13.2 Å². The van der Waals surface area contributed by atoms with Crippen molar-refractivity contribution in [1.82, 2.24) is 5.09 Å². The van der Waals surface area contributed by atoms with Crippen LogP contribution in [0.2, 0.25) is 0 Å². The van der Waals surface area contributed by atoms with E-state index in [1.807, 2.05) is 36.4 Å². The first kappa shape index (κ1) is 21.7. The maximum atomic E-state index is 13.6. The second-order valence-electron chi connectivity index (χ2n) is 7.02. The SMILES string of the molecule is CCC(=O)[C@H](Cc1ccccc1)N[P@@](=O)(OCC1CCCO1)Oc1ccccc1. The molecule has 0 bridgehead atoms. The largest absolute Gasteiger partial charge is 0.459 e. The number of ether oxygens (including phenoxy) is 1. The van der Waals surface area contributed by atoms with Crippen molar-refractivity contribution in [3.8, 4) is 5.75 Å². The Morgan fingerprint density at radius 2 is 1.86 bits per heavy atom. The molecule has 2 aromatic rings. The van der Waals surface area contributed by atoms with Crippen LogP contribution in [0, 0.1) is 0 Å². The zero-order valence-electron chi connectivity index (χ0n) is 16.7. The zero-order valence-corrected chi connectivity index (χ0v) is 17.6. The molecule has 1 N–H and O–H groups in total. The lowest BCUT2D eigenvalue weighted by molar-refractivity contribution is -0.120. The Hall–Kier alpha value is -1.98. The van der Waals surface area contributed by atoms with Crippen molar-refractivity contribution in [3.63, 3.8) is 0 Å². The van der Waals surface area contributed by atoms with Crippen molar-refractivity contribution in [2.45, 2.75) is 44.8 Å². The zero-order chi connectivity index (χ0) is 20.5. The summed E-state index contributed by atoms with van der Waals surface area (Å²) in [5, 5.41) is 2.91. The number of rotatable bonds is 11. The Bertz CT molecular complexity index is 808. The van der Waals surface area contributed by atoms with E-state index >= 15 is 0 Å². The molecule has 29 heavy (non-hydrogen) atoms. The molecule has 0 aromatic heterocycles. The standard InChI is InChI=1S/C22H28NO5P/c1-2-22(24)21(16-18-10-5-3-6-11-18)23-29(25,27-17-20-14-9-15-26-20)28-19-12-7-4-8-13-19/h3-8,10-13,20-21H,2,9,14-17H2,1H3,(H,23,25)/t20?,21-,29+/m0/s1. The summed E-state index contributed by atoms with van der Waals surface area (Å²) in [4.78, 5) is 12.6. The molecule has 7 heteroatoms. The number of hydrogen-bond donors (Lipinski definition) is 1. The fourth-order valence-corrected chi connectivity index (χ4v) is 4.74. The lowest BCUT2D eigenvalue weighted by atomic mass is 10.0. The second kappa shape index (κ2) is 10.7. The van der Waals surface area contributed by atoms with Gasteiger partial charge in [-0.25, -0.2) is 9.65 Å². The minimum absolute atomic E-state index is 0.0496. The molecule has 1 unspecified atom stereocenters. The normalized spacial score (nSPS) is 19.4. The molecule has 3 rings (SSSR count). The summed E-state index contributed by atoms with van der Waals surface area (Å²) in [7, 11) is -3.80. The number of Topliss-reactive ketones (excluding diaryl/α,β-unsaturated/α-hetero) is 1. The molecular formula is C22H28NO5P. The van der Waals surface area contributed by atoms with Crippen molar-refractivity contribution in [2.24, 2.45) is 0 Å². The van der Waals surface area contributed by atoms with Gasteiger partial charge in [0, 0.05) is 13.0 Å². The average Bonchev–Trinajstić information content (AvgIpc) is 3.27. The Morgan fingerprint density at radius 1 is 1.17 bits per heavy atom. The van der Waals surface area contributed by atoms with E-state index in [1.165, 1.54) is 0 Å². The van der Waals surface area contributed by atoms with E-state index < -0.39 is 13.8 Å². The fourth-order valence-electron chi connectivity index (χ4n) is 3.19. The average molecular weight is 417 g/mol. The van der Waals surface area contributed by atoms with E-state index in [2.05, 4.69) is 5.09 Å². The van der Waals surface area contributed by atoms with Crippen LogP contribution in [0.15, 0.2) is 60.7 Å². The first-order valence-electron chi connectivity index (χ1n) is 10.0. The van der Waals surface area contributed by atoms with Gasteiger partial charge in [0.2, 0.25) is 0 Å². The van der Waals surface area contributed by atoms with Crippen molar-refractivity contribution < 1.29 is 23.1 Å². The number of carbonyl (C=O) groups is 1. The Kier molecular flexibility index (Phi) is 8.01. The van der Waals surface area contributed by atoms with Crippen molar-refractivity contribution >= 4 is 13.5 Å². The molecule has 0 saturated carbocycles. The Balaban J connectivity index is 1.77. The van der Waals surface area contributed by atoms with Gasteiger partial charge >= 0.3 is 7.75 Å². The van der Waals surface area contributed by atoms with E-state index in [4.69, 9.17) is 13.8 Å². The summed E-state index contributed by atoms with van der Waals surface area (Å²) in [5.41, 5.74) is 0.970. The Labute approximate surface area is 172 Å². The third kappa shape index (κ3) is 6.79. The van der Waals surface area contributed by atoms with Crippen LogP contribution in [0.4, 0.5) is 0 Å². The van der Waals surface area contributed by atoms with Crippen LogP contribution in [-0.4, -0.2) is 31.1 Å². The predicted molar refractivity (Wildman–Crippen MR) is 112 cm³/mol. The summed E-state index contributed by atoms with van der Waals surface area (Å²) in [6.45, 7) is 2.62. The maximum absolute atomic E-state index is 13.6. The molecule has 1 saturated heterocycles. The lowest BCUT2D eigenvalue weighted by Crippen LogP contribution is -2.38. The predicted octanol–water partition coefficient (Wildman–Crippen LogP) is 4.55. The van der Waals surface area contributed by atoms with E-state index in [1.54, 1.807) is 31.2 Å². The summed E-state index contributed by atoms with van der Waals surface area (Å²) in [6.07, 6.45) is 2.42. The molecule has 156 valence electrons. The van der Waals surface area contributed by atoms with Crippen LogP contribution in [-0.2, 0) is 25.0 Å². The smallest absolute Gasteiger partial charge is 0.413 e. The van der Waals surface area contributed by atoms with Crippen LogP contribution < -0.4 is 9.61 Å². The highest BCUT2D eigenvalue weighted by Gasteiger charge is 2.34. The van der Waals surface area contributed by atoms with Gasteiger partial charge < -0.3 is 9.26 Å². The van der Waals surface area contributed by atoms with Crippen LogP contribution in [0.1, 0.15) is 31.7 Å². The van der Waals surface area contributed by atoms with E-state index in [0.717, 1.165) is 18.4 Å². The summed E-state index contributed by atoms with van der Waals surface area (Å²) in [5.74, 6) is 0.365. The number of ketones is 1. The van der Waals surface area contributed by atoms with Gasteiger partial charge in [-0.3, -0.25) is 9.32 Å². The number of nitrogens with one attached hydrogen (secondary N) is 1. The lowest BCUT2D eigenvalue weighted by Gasteiger charge is -2.25. The molecule has 0 spiro atoms. The first-order valence-corrected chi connectivity index (χ1v) is 11.6. The third-order valence-electron chi connectivity index (χ3n) is 4.76. The van der Waals surface area contributed by atoms with E-state index in [0.29, 0.717) is 25.2 Å². The minimum atomic E-state index is -3.80. The van der Waals surface area contributed by atoms with Gasteiger partial charge in [0.15, 0.2) is 0 Å². The molecule has 0 aliphatic carbocycles. The maximum Gasteiger partial charge on any atom is 0.459 e. The molecule has 1 fully saturated rings. The van der Waals surface area contributed by atoms with Gasteiger partial charge in [0.1, 0.15) is 11.5 Å². The van der Waals surface area contributed by atoms with Gasteiger partial charge in [0.05, 0.1) is 18.8 Å². The van der Waals surface area contributed by atoms with Crippen molar-refractivity contribution in [1.29, 1.82) is 0 Å². The number of benzene rings is 2. The molecule has 1 heterocycles. The summed E-state index contributed by atoms with van der Waals surface area (Å²) in [6, 6.07) is 17.8. The van der Waals surface area contributed by atoms with Crippen LogP contribution in [0.25, 0.3) is 0 Å². The topological polar surface area (TPSA) is 73.9 Å². The molecule has 1 aliphatic heterocycles. The number of hydrogen-bond acceptors (Lipinski definition) is 5. The van der Waals surface area contributed by atoms with Gasteiger partial charge in [-0.1, -0.05) is 55.5 Å². The van der Waals surface area contributed by atoms with Gasteiger partial charge in [-0.15, -0.1) is 0 Å².